The van der Waals surface area contributed by atoms with Crippen molar-refractivity contribution in [2.75, 3.05) is 39.3 Å². The number of piperidine rings is 1. The van der Waals surface area contributed by atoms with Crippen LogP contribution in [-0.2, 0) is 16.1 Å². The number of hydrogen-bond acceptors (Lipinski definition) is 4. The number of likely N-dealkylation sites (tertiary alicyclic amines) is 3. The second kappa shape index (κ2) is 11.7. The van der Waals surface area contributed by atoms with E-state index in [9.17, 15) is 9.59 Å². The number of hydrogen-bond donors (Lipinski definition) is 0. The zero-order valence-corrected chi connectivity index (χ0v) is 23.5. The quantitative estimate of drug-likeness (QED) is 0.498. The van der Waals surface area contributed by atoms with Crippen molar-refractivity contribution < 1.29 is 9.59 Å². The van der Waals surface area contributed by atoms with Gasteiger partial charge in [0, 0.05) is 45.1 Å². The molecule has 206 valence electrons. The van der Waals surface area contributed by atoms with Gasteiger partial charge in [-0.05, 0) is 80.3 Å². The molecule has 6 rings (SSSR count). The van der Waals surface area contributed by atoms with Crippen LogP contribution in [0.15, 0.2) is 54.6 Å². The van der Waals surface area contributed by atoms with E-state index in [-0.39, 0.29) is 17.8 Å². The Labute approximate surface area is 238 Å². The van der Waals surface area contributed by atoms with E-state index < -0.39 is 0 Å². The molecule has 2 amide bonds. The molecule has 0 N–H and O–H groups in total. The van der Waals surface area contributed by atoms with Gasteiger partial charge >= 0.3 is 0 Å². The van der Waals surface area contributed by atoms with Crippen molar-refractivity contribution in [2.45, 2.75) is 51.0 Å². The smallest absolute Gasteiger partial charge is 0.229 e. The van der Waals surface area contributed by atoms with Crippen LogP contribution in [0.2, 0.25) is 0 Å². The lowest BCUT2D eigenvalue weighted by molar-refractivity contribution is -0.139. The van der Waals surface area contributed by atoms with Crippen LogP contribution in [0.4, 0.5) is 0 Å². The van der Waals surface area contributed by atoms with Crippen LogP contribution in [0.25, 0.3) is 0 Å². The number of carbonyl (C=O) groups excluding carboxylic acids is 2. The molecule has 0 aromatic heterocycles. The first-order valence-corrected chi connectivity index (χ1v) is 14.4. The van der Waals surface area contributed by atoms with Gasteiger partial charge in [-0.2, -0.15) is 5.26 Å². The zero-order valence-electron chi connectivity index (χ0n) is 22.6. The average molecular weight is 547 g/mol. The predicted molar refractivity (Wildman–Crippen MR) is 153 cm³/mol. The summed E-state index contributed by atoms with van der Waals surface area (Å²) in [5.41, 5.74) is 2.86. The van der Waals surface area contributed by atoms with E-state index in [0.717, 1.165) is 70.5 Å². The fourth-order valence-electron chi connectivity index (χ4n) is 6.94. The monoisotopic (exact) mass is 546 g/mol. The van der Waals surface area contributed by atoms with E-state index in [1.54, 1.807) is 0 Å². The van der Waals surface area contributed by atoms with Crippen LogP contribution in [0.3, 0.4) is 0 Å². The summed E-state index contributed by atoms with van der Waals surface area (Å²) in [5.74, 6) is 2.08. The van der Waals surface area contributed by atoms with Gasteiger partial charge in [0.15, 0.2) is 0 Å². The first kappa shape index (κ1) is 27.7. The fraction of sp³-hybridized carbons (Fsp3) is 0.531. The van der Waals surface area contributed by atoms with Crippen LogP contribution in [-0.4, -0.2) is 65.8 Å². The molecule has 0 unspecified atom stereocenters. The van der Waals surface area contributed by atoms with Crippen molar-refractivity contribution in [1.82, 2.24) is 14.7 Å². The largest absolute Gasteiger partial charge is 0.342 e. The highest BCUT2D eigenvalue weighted by molar-refractivity contribution is 5.85. The second-order valence-corrected chi connectivity index (χ2v) is 12.1. The molecule has 1 spiro atoms. The van der Waals surface area contributed by atoms with E-state index >= 15 is 0 Å². The highest BCUT2D eigenvalue weighted by Gasteiger charge is 2.48. The Bertz CT molecular complexity index is 1200. The molecule has 7 heteroatoms. The Morgan fingerprint density at radius 2 is 1.64 bits per heavy atom. The maximum absolute atomic E-state index is 13.5. The first-order valence-electron chi connectivity index (χ1n) is 14.4. The van der Waals surface area contributed by atoms with E-state index in [1.807, 2.05) is 29.2 Å². The van der Waals surface area contributed by atoms with Crippen molar-refractivity contribution in [1.29, 1.82) is 5.26 Å². The van der Waals surface area contributed by atoms with Crippen molar-refractivity contribution >= 4 is 24.2 Å². The molecule has 3 aliphatic heterocycles. The van der Waals surface area contributed by atoms with E-state index in [2.05, 4.69) is 46.2 Å². The minimum absolute atomic E-state index is 0. The number of nitrogens with zero attached hydrogens (tertiary/aromatic N) is 4. The highest BCUT2D eigenvalue weighted by Crippen LogP contribution is 2.43. The minimum Gasteiger partial charge on any atom is -0.342 e. The molecule has 3 heterocycles. The van der Waals surface area contributed by atoms with Crippen molar-refractivity contribution in [3.63, 3.8) is 0 Å². The summed E-state index contributed by atoms with van der Waals surface area (Å²) in [5, 5.41) is 9.04. The lowest BCUT2D eigenvalue weighted by Gasteiger charge is -2.39. The molecule has 1 saturated carbocycles. The molecule has 2 aromatic rings. The fourth-order valence-corrected chi connectivity index (χ4v) is 6.94. The molecule has 2 aromatic carbocycles. The molecule has 0 bridgehead atoms. The van der Waals surface area contributed by atoms with Crippen LogP contribution in [0.5, 0.6) is 0 Å². The Balaban J connectivity index is 0.00000308. The Kier molecular flexibility index (Phi) is 8.30. The lowest BCUT2D eigenvalue weighted by Crippen LogP contribution is -2.46. The maximum atomic E-state index is 13.5. The zero-order chi connectivity index (χ0) is 26.1. The second-order valence-electron chi connectivity index (χ2n) is 12.1. The topological polar surface area (TPSA) is 67.7 Å². The summed E-state index contributed by atoms with van der Waals surface area (Å²) in [6, 6.07) is 20.5. The molecule has 3 saturated heterocycles. The molecule has 1 aliphatic carbocycles. The highest BCUT2D eigenvalue weighted by atomic mass is 35.5. The predicted octanol–water partition coefficient (Wildman–Crippen LogP) is 4.84. The molecule has 4 fully saturated rings. The summed E-state index contributed by atoms with van der Waals surface area (Å²) in [6.07, 6.45) is 5.93. The maximum Gasteiger partial charge on any atom is 0.229 e. The number of rotatable bonds is 7. The molecule has 6 nitrogen and oxygen atoms in total. The SMILES string of the molecule is Cl.N#Cc1ccc(CN2CCC3(CCN(C[C@H]4CN(C(=O)CC5CC5)C[C@@H]4c4ccccc4)CC3)C2=O)cc1. The van der Waals surface area contributed by atoms with Gasteiger partial charge in [0.2, 0.25) is 11.8 Å². The van der Waals surface area contributed by atoms with E-state index in [0.29, 0.717) is 41.7 Å². The van der Waals surface area contributed by atoms with Crippen LogP contribution in [0.1, 0.15) is 61.1 Å². The van der Waals surface area contributed by atoms with Crippen LogP contribution < -0.4 is 0 Å². The summed E-state index contributed by atoms with van der Waals surface area (Å²) in [7, 11) is 0. The Hall–Kier alpha value is -2.88. The molecule has 2 atom stereocenters. The standard InChI is InChI=1S/C32H38N4O2.ClH/c33-19-25-8-10-26(11-9-25)20-35-17-14-32(31(35)38)12-15-34(16-13-32)21-28-22-36(30(37)18-24-6-7-24)23-29(28)27-4-2-1-3-5-27;/h1-5,8-11,24,28-29H,6-7,12-18,20-23H2;1H/t28-,29+;/m0./s1. The van der Waals surface area contributed by atoms with Crippen molar-refractivity contribution in [3.05, 3.63) is 71.3 Å². The molecule has 39 heavy (non-hydrogen) atoms. The number of halogens is 1. The number of benzene rings is 2. The third-order valence-corrected chi connectivity index (χ3v) is 9.55. The minimum atomic E-state index is -0.218. The normalized spacial score (nSPS) is 24.5. The van der Waals surface area contributed by atoms with Gasteiger partial charge in [0.25, 0.3) is 0 Å². The van der Waals surface area contributed by atoms with E-state index in [4.69, 9.17) is 5.26 Å². The first-order chi connectivity index (χ1) is 18.5. The summed E-state index contributed by atoms with van der Waals surface area (Å²) < 4.78 is 0. The number of nitriles is 1. The van der Waals surface area contributed by atoms with E-state index in [1.165, 1.54) is 18.4 Å². The van der Waals surface area contributed by atoms with Crippen LogP contribution >= 0.6 is 12.4 Å². The van der Waals surface area contributed by atoms with Gasteiger partial charge in [-0.3, -0.25) is 9.59 Å². The summed E-state index contributed by atoms with van der Waals surface area (Å²) in [4.78, 5) is 33.2. The van der Waals surface area contributed by atoms with Gasteiger partial charge in [0.1, 0.15) is 0 Å². The van der Waals surface area contributed by atoms with Crippen molar-refractivity contribution in [3.8, 4) is 6.07 Å². The molecule has 0 radical (unpaired) electrons. The third-order valence-electron chi connectivity index (χ3n) is 9.55. The van der Waals surface area contributed by atoms with Gasteiger partial charge in [-0.1, -0.05) is 42.5 Å². The van der Waals surface area contributed by atoms with Gasteiger partial charge in [0.05, 0.1) is 17.0 Å². The molecule has 4 aliphatic rings. The Morgan fingerprint density at radius 1 is 0.949 bits per heavy atom. The summed E-state index contributed by atoms with van der Waals surface area (Å²) in [6.45, 7) is 6.02. The van der Waals surface area contributed by atoms with Gasteiger partial charge in [-0.15, -0.1) is 12.4 Å². The number of carbonyl (C=O) groups is 2. The van der Waals surface area contributed by atoms with Crippen LogP contribution in [0, 0.1) is 28.6 Å². The van der Waals surface area contributed by atoms with Gasteiger partial charge < -0.3 is 14.7 Å². The average Bonchev–Trinajstić information content (AvgIpc) is 3.60. The lowest BCUT2D eigenvalue weighted by atomic mass is 9.76. The molecular formula is C32H39ClN4O2. The van der Waals surface area contributed by atoms with Crippen molar-refractivity contribution in [2.24, 2.45) is 17.3 Å². The third kappa shape index (κ3) is 6.00. The molecular weight excluding hydrogens is 508 g/mol. The summed E-state index contributed by atoms with van der Waals surface area (Å²) >= 11 is 0. The van der Waals surface area contributed by atoms with Gasteiger partial charge in [-0.25, -0.2) is 0 Å². The Morgan fingerprint density at radius 3 is 2.31 bits per heavy atom. The number of amides is 2.